The van der Waals surface area contributed by atoms with Gasteiger partial charge in [-0.2, -0.15) is 0 Å². The average Bonchev–Trinajstić information content (AvgIpc) is 1.46. The van der Waals surface area contributed by atoms with Crippen molar-refractivity contribution >= 4 is 0 Å². The van der Waals surface area contributed by atoms with Crippen LogP contribution in [0, 0.1) is 22.9 Å². The molecular weight excluding hydrogens is 68.0 g/mol. The summed E-state index contributed by atoms with van der Waals surface area (Å²) in [6.45, 7) is 3.50. The zero-order valence-electron chi connectivity index (χ0n) is 2.47. The van der Waals surface area contributed by atoms with Crippen LogP contribution in [-0.4, -0.2) is 0 Å². The molecule has 5 heavy (non-hydrogen) atoms. The molecule has 0 aromatic carbocycles. The third-order valence-electron chi connectivity index (χ3n) is 0. The lowest BCUT2D eigenvalue weighted by Crippen LogP contribution is -1.24. The maximum absolute atomic E-state index is 6.50. The first-order valence-electron chi connectivity index (χ1n) is 0.705. The Bertz CT molecular complexity index is 45.9. The Kier molecular flexibility index (Phi) is 417. The van der Waals surface area contributed by atoms with Gasteiger partial charge in [-0.15, -0.1) is 0 Å². The van der Waals surface area contributed by atoms with Gasteiger partial charge in [-0.1, -0.05) is 0 Å². The van der Waals surface area contributed by atoms with E-state index < -0.39 is 0 Å². The molecule has 0 saturated heterocycles. The molecule has 4 heteroatoms. The van der Waals surface area contributed by atoms with Crippen molar-refractivity contribution < 1.29 is 0 Å². The summed E-state index contributed by atoms with van der Waals surface area (Å²) in [5, 5.41) is 6.50. The monoisotopic (exact) mass is 71.0 g/mol. The predicted molar refractivity (Wildman–Crippen MR) is 14.2 cm³/mol. The quantitative estimate of drug-likeness (QED) is 0.311. The summed E-state index contributed by atoms with van der Waals surface area (Å²) >= 11 is 0. The zero-order chi connectivity index (χ0) is 4.71. The van der Waals surface area contributed by atoms with Gasteiger partial charge in [-0.05, 0) is 0 Å². The third-order valence-corrected chi connectivity index (χ3v) is 0. The topological polar surface area (TPSA) is 85.6 Å². The van der Waals surface area contributed by atoms with Gasteiger partial charge in [0.15, 0.2) is 0 Å². The molecule has 0 radical (unpaired) electrons. The van der Waals surface area contributed by atoms with Crippen LogP contribution in [0.1, 0.15) is 0 Å². The van der Waals surface area contributed by atoms with E-state index in [4.69, 9.17) is 16.3 Å². The van der Waals surface area contributed by atoms with Crippen LogP contribution in [0.15, 0.2) is 0 Å². The fourth-order valence-corrected chi connectivity index (χ4v) is 0. The molecule has 0 aliphatic carbocycles. The van der Waals surface area contributed by atoms with Gasteiger partial charge < -0.3 is 0 Å². The van der Waals surface area contributed by atoms with Crippen molar-refractivity contribution in [2.45, 2.75) is 0 Å². The normalized spacial score (nSPS) is 2.00. The summed E-state index contributed by atoms with van der Waals surface area (Å²) in [5.74, 6) is 0. The predicted octanol–water partition coefficient (Wildman–Crippen LogP) is 0.255. The molecule has 0 spiro atoms. The molecule has 0 aromatic heterocycles. The van der Waals surface area contributed by atoms with E-state index >= 15 is 0 Å². The van der Waals surface area contributed by atoms with Crippen LogP contribution in [0.5, 0.6) is 0 Å². The maximum atomic E-state index is 6.50. The standard InChI is InChI=1S/CHN.H2N3/c1-2;1-3-2/h1H;1-2H/q;+1. The molecule has 0 amide bonds. The first-order valence-corrected chi connectivity index (χ1v) is 0.705. The molecule has 0 aliphatic heterocycles. The molecule has 0 aliphatic rings. The van der Waals surface area contributed by atoms with Gasteiger partial charge in [0.2, 0.25) is 4.91 Å². The average molecular weight is 71.1 g/mol. The third kappa shape index (κ3) is 1.24. The van der Waals surface area contributed by atoms with Crippen LogP contribution in [0.25, 0.3) is 0 Å². The highest BCUT2D eigenvalue weighted by atomic mass is 15.0. The SMILES string of the molecule is C#N.N=[N+]=N. The molecule has 0 aromatic rings. The molecule has 2 N–H and O–H groups in total. The van der Waals surface area contributed by atoms with Crippen LogP contribution in [-0.2, 0) is 0 Å². The van der Waals surface area contributed by atoms with E-state index in [1.54, 1.807) is 0 Å². The van der Waals surface area contributed by atoms with Gasteiger partial charge in [0.1, 0.15) is 11.1 Å². The second kappa shape index (κ2) is 227. The van der Waals surface area contributed by atoms with Gasteiger partial charge in [0, 0.05) is 6.57 Å². The summed E-state index contributed by atoms with van der Waals surface area (Å²) in [4.78, 5) is 2.00. The summed E-state index contributed by atoms with van der Waals surface area (Å²) in [5.41, 5.74) is 11.0. The zero-order valence-corrected chi connectivity index (χ0v) is 2.47. The smallest absolute Gasteiger partial charge is 0.202 e. The number of nitrogens with zero attached hydrogens (tertiary/aromatic N) is 2. The lowest BCUT2D eigenvalue weighted by atomic mass is 11.9. The van der Waals surface area contributed by atoms with Gasteiger partial charge in [0.25, 0.3) is 0 Å². The lowest BCUT2D eigenvalue weighted by molar-refractivity contribution is 0.928. The van der Waals surface area contributed by atoms with E-state index in [0.717, 1.165) is 0 Å². The van der Waals surface area contributed by atoms with E-state index in [1.807, 2.05) is 4.91 Å². The molecule has 0 atom stereocenters. The van der Waals surface area contributed by atoms with Gasteiger partial charge in [-0.3, -0.25) is 0 Å². The highest BCUT2D eigenvalue weighted by Crippen LogP contribution is 0.841. The Balaban J connectivity index is 0. The molecule has 0 rings (SSSR count). The van der Waals surface area contributed by atoms with Gasteiger partial charge in [-0.25, -0.2) is 5.26 Å². The van der Waals surface area contributed by atoms with E-state index in [-0.39, 0.29) is 0 Å². The summed E-state index contributed by atoms with van der Waals surface area (Å²) < 4.78 is 0. The van der Waals surface area contributed by atoms with Crippen LogP contribution < -0.4 is 4.91 Å². The van der Waals surface area contributed by atoms with Gasteiger partial charge >= 0.3 is 0 Å². The maximum Gasteiger partial charge on any atom is 0.211 e. The van der Waals surface area contributed by atoms with Crippen molar-refractivity contribution in [2.75, 3.05) is 0 Å². The highest BCUT2D eigenvalue weighted by molar-refractivity contribution is 4.03. The molecule has 0 fully saturated rings. The molecular formula is CH3N4+. The fraction of sp³-hybridized carbons (Fsp3) is 0. The fourth-order valence-electron chi connectivity index (χ4n) is 0. The van der Waals surface area contributed by atoms with Crippen molar-refractivity contribution in [3.05, 3.63) is 0 Å². The molecule has 26 valence electrons. The first kappa shape index (κ1) is 9.20. The largest absolute Gasteiger partial charge is 0.211 e. The van der Waals surface area contributed by atoms with Crippen LogP contribution >= 0.6 is 0 Å². The summed E-state index contributed by atoms with van der Waals surface area (Å²) in [6, 6.07) is 0. The minimum Gasteiger partial charge on any atom is -0.202 e. The van der Waals surface area contributed by atoms with Gasteiger partial charge in [0.05, 0.1) is 0 Å². The minimum atomic E-state index is 2.00. The van der Waals surface area contributed by atoms with E-state index in [0.29, 0.717) is 0 Å². The molecule has 0 bridgehead atoms. The lowest BCUT2D eigenvalue weighted by Gasteiger charge is -0.844. The summed E-state index contributed by atoms with van der Waals surface area (Å²) in [7, 11) is 0. The number of hydrogen-bond donors (Lipinski definition) is 2. The van der Waals surface area contributed by atoms with Crippen molar-refractivity contribution in [1.29, 1.82) is 16.3 Å². The van der Waals surface area contributed by atoms with Crippen molar-refractivity contribution in [3.63, 3.8) is 0 Å². The molecule has 0 saturated carbocycles. The Morgan fingerprint density at radius 3 is 1.40 bits per heavy atom. The number of rotatable bonds is 0. The molecule has 0 unspecified atom stereocenters. The first-order chi connectivity index (χ1) is 2.41. The Labute approximate surface area is 29.1 Å². The van der Waals surface area contributed by atoms with Crippen molar-refractivity contribution in [3.8, 4) is 6.57 Å². The van der Waals surface area contributed by atoms with Crippen LogP contribution in [0.4, 0.5) is 0 Å². The minimum absolute atomic E-state index is 2.00. The van der Waals surface area contributed by atoms with Crippen molar-refractivity contribution in [2.24, 2.45) is 0 Å². The summed E-state index contributed by atoms with van der Waals surface area (Å²) in [6.07, 6.45) is 0. The highest BCUT2D eigenvalue weighted by Gasteiger charge is 1.16. The molecule has 0 heterocycles. The Morgan fingerprint density at radius 1 is 1.40 bits per heavy atom. The molecule has 4 nitrogen and oxygen atoms in total. The number of nitriles is 1. The second-order valence-electron chi connectivity index (χ2n) is 0.112. The Hall–Kier alpha value is -1.20. The van der Waals surface area contributed by atoms with Crippen molar-refractivity contribution in [1.82, 2.24) is 4.91 Å². The van der Waals surface area contributed by atoms with Crippen LogP contribution in [0.3, 0.4) is 0 Å². The second-order valence-corrected chi connectivity index (χ2v) is 0.112. The number of hydrogen-bond acceptors (Lipinski definition) is 3. The van der Waals surface area contributed by atoms with E-state index in [2.05, 4.69) is 6.57 Å². The van der Waals surface area contributed by atoms with E-state index in [1.165, 1.54) is 0 Å². The van der Waals surface area contributed by atoms with E-state index in [9.17, 15) is 0 Å². The van der Waals surface area contributed by atoms with Crippen LogP contribution in [0.2, 0.25) is 0 Å². The number of nitrogens with one attached hydrogen (secondary N) is 2. The Morgan fingerprint density at radius 2 is 1.40 bits per heavy atom.